The van der Waals surface area contributed by atoms with Gasteiger partial charge in [0.25, 0.3) is 0 Å². The van der Waals surface area contributed by atoms with Crippen molar-refractivity contribution in [3.05, 3.63) is 59.4 Å². The van der Waals surface area contributed by atoms with E-state index in [-0.39, 0.29) is 0 Å². The molecule has 0 aromatic rings. The molecular formula is C20H30N2. The van der Waals surface area contributed by atoms with Gasteiger partial charge in [-0.2, -0.15) is 0 Å². The summed E-state index contributed by atoms with van der Waals surface area (Å²) in [5.41, 5.74) is 5.33. The lowest BCUT2D eigenvalue weighted by Crippen LogP contribution is -2.27. The number of nitrogens with one attached hydrogen (secondary N) is 1. The summed E-state index contributed by atoms with van der Waals surface area (Å²) >= 11 is 0. The highest BCUT2D eigenvalue weighted by atomic mass is 15.1. The van der Waals surface area contributed by atoms with Crippen LogP contribution in [-0.4, -0.2) is 30.6 Å². The predicted octanol–water partition coefficient (Wildman–Crippen LogP) is 4.35. The fourth-order valence-electron chi connectivity index (χ4n) is 3.21. The molecule has 1 N–H and O–H groups in total. The van der Waals surface area contributed by atoms with Crippen molar-refractivity contribution >= 4 is 0 Å². The van der Waals surface area contributed by atoms with Crippen LogP contribution in [0.5, 0.6) is 0 Å². The van der Waals surface area contributed by atoms with Gasteiger partial charge in [0.1, 0.15) is 0 Å². The fourth-order valence-corrected chi connectivity index (χ4v) is 3.21. The Kier molecular flexibility index (Phi) is 6.26. The van der Waals surface area contributed by atoms with Gasteiger partial charge in [0.15, 0.2) is 0 Å². The first kappa shape index (κ1) is 16.8. The van der Waals surface area contributed by atoms with Crippen molar-refractivity contribution in [3.63, 3.8) is 0 Å². The van der Waals surface area contributed by atoms with E-state index in [0.29, 0.717) is 6.04 Å². The highest BCUT2D eigenvalue weighted by Crippen LogP contribution is 2.30. The molecule has 0 bridgehead atoms. The Labute approximate surface area is 136 Å². The van der Waals surface area contributed by atoms with Crippen LogP contribution in [0.15, 0.2) is 59.4 Å². The topological polar surface area (TPSA) is 15.3 Å². The SMILES string of the molecule is C=C(C1=CCC(NCC)C=C1)C1=CC=C(N(CC)CC)CC1. The minimum absolute atomic E-state index is 0.482. The molecule has 120 valence electrons. The first-order valence-corrected chi connectivity index (χ1v) is 8.65. The maximum Gasteiger partial charge on any atom is 0.0288 e. The van der Waals surface area contributed by atoms with Crippen LogP contribution < -0.4 is 5.32 Å². The molecule has 0 aromatic heterocycles. The van der Waals surface area contributed by atoms with Gasteiger partial charge in [-0.05, 0) is 62.5 Å². The minimum atomic E-state index is 0.482. The van der Waals surface area contributed by atoms with Gasteiger partial charge in [-0.1, -0.05) is 37.8 Å². The van der Waals surface area contributed by atoms with Crippen molar-refractivity contribution in [2.75, 3.05) is 19.6 Å². The molecule has 1 atom stereocenters. The Bertz CT molecular complexity index is 516. The van der Waals surface area contributed by atoms with Gasteiger partial charge in [-0.3, -0.25) is 0 Å². The maximum absolute atomic E-state index is 4.33. The zero-order chi connectivity index (χ0) is 15.9. The standard InChI is InChI=1S/C20H30N2/c1-5-21-19-12-8-17(9-13-19)16(4)18-10-14-20(15-11-18)22(6-2)7-3/h8-10,12,14,19,21H,4-7,11,13,15H2,1-3H3. The summed E-state index contributed by atoms with van der Waals surface area (Å²) in [6.07, 6.45) is 14.7. The van der Waals surface area contributed by atoms with Crippen molar-refractivity contribution in [1.29, 1.82) is 0 Å². The van der Waals surface area contributed by atoms with Crippen molar-refractivity contribution in [1.82, 2.24) is 10.2 Å². The second-order valence-electron chi connectivity index (χ2n) is 5.92. The smallest absolute Gasteiger partial charge is 0.0288 e. The lowest BCUT2D eigenvalue weighted by atomic mass is 9.88. The van der Waals surface area contributed by atoms with E-state index >= 15 is 0 Å². The van der Waals surface area contributed by atoms with Crippen LogP contribution in [0.2, 0.25) is 0 Å². The molecule has 2 heteroatoms. The third-order valence-corrected chi connectivity index (χ3v) is 4.60. The molecule has 0 amide bonds. The van der Waals surface area contributed by atoms with Crippen LogP contribution in [0.25, 0.3) is 0 Å². The van der Waals surface area contributed by atoms with Crippen LogP contribution in [0, 0.1) is 0 Å². The summed E-state index contributed by atoms with van der Waals surface area (Å²) < 4.78 is 0. The third kappa shape index (κ3) is 4.01. The molecule has 0 spiro atoms. The van der Waals surface area contributed by atoms with Gasteiger partial charge >= 0.3 is 0 Å². The number of nitrogens with zero attached hydrogens (tertiary/aromatic N) is 1. The molecule has 0 saturated carbocycles. The Morgan fingerprint density at radius 2 is 2.00 bits per heavy atom. The molecule has 22 heavy (non-hydrogen) atoms. The predicted molar refractivity (Wildman–Crippen MR) is 96.8 cm³/mol. The zero-order valence-electron chi connectivity index (χ0n) is 14.4. The monoisotopic (exact) mass is 298 g/mol. The van der Waals surface area contributed by atoms with E-state index in [1.54, 1.807) is 0 Å². The summed E-state index contributed by atoms with van der Waals surface area (Å²) in [6, 6.07) is 0.482. The van der Waals surface area contributed by atoms with Gasteiger partial charge < -0.3 is 10.2 Å². The van der Waals surface area contributed by atoms with E-state index in [4.69, 9.17) is 0 Å². The van der Waals surface area contributed by atoms with E-state index < -0.39 is 0 Å². The Morgan fingerprint density at radius 1 is 1.23 bits per heavy atom. The summed E-state index contributed by atoms with van der Waals surface area (Å²) in [5.74, 6) is 0. The van der Waals surface area contributed by atoms with Crippen molar-refractivity contribution in [2.45, 2.75) is 46.1 Å². The van der Waals surface area contributed by atoms with E-state index in [2.05, 4.69) is 67.9 Å². The Balaban J connectivity index is 2.02. The highest BCUT2D eigenvalue weighted by molar-refractivity contribution is 5.53. The second kappa shape index (κ2) is 8.19. The number of likely N-dealkylation sites (N-methyl/N-ethyl adjacent to an activating group) is 1. The molecule has 0 radical (unpaired) electrons. The Hall–Kier alpha value is -1.54. The molecular weight excluding hydrogens is 268 g/mol. The molecule has 2 rings (SSSR count). The lowest BCUT2D eigenvalue weighted by molar-refractivity contribution is 0.366. The van der Waals surface area contributed by atoms with E-state index in [1.165, 1.54) is 22.4 Å². The van der Waals surface area contributed by atoms with Crippen molar-refractivity contribution in [3.8, 4) is 0 Å². The quantitative estimate of drug-likeness (QED) is 0.751. The van der Waals surface area contributed by atoms with Gasteiger partial charge in [0, 0.05) is 24.8 Å². The molecule has 2 nitrogen and oxygen atoms in total. The summed E-state index contributed by atoms with van der Waals surface area (Å²) in [6.45, 7) is 14.1. The summed E-state index contributed by atoms with van der Waals surface area (Å²) in [5, 5.41) is 3.46. The van der Waals surface area contributed by atoms with Gasteiger partial charge in [0.2, 0.25) is 0 Å². The van der Waals surface area contributed by atoms with Gasteiger partial charge in [-0.25, -0.2) is 0 Å². The van der Waals surface area contributed by atoms with Crippen LogP contribution in [-0.2, 0) is 0 Å². The normalized spacial score (nSPS) is 21.0. The molecule has 2 aliphatic carbocycles. The average Bonchev–Trinajstić information content (AvgIpc) is 2.57. The summed E-state index contributed by atoms with van der Waals surface area (Å²) in [7, 11) is 0. The third-order valence-electron chi connectivity index (χ3n) is 4.60. The average molecular weight is 298 g/mol. The first-order valence-electron chi connectivity index (χ1n) is 8.65. The maximum atomic E-state index is 4.33. The van der Waals surface area contributed by atoms with Gasteiger partial charge in [0.05, 0.1) is 0 Å². The number of rotatable bonds is 7. The lowest BCUT2D eigenvalue weighted by Gasteiger charge is -2.27. The van der Waals surface area contributed by atoms with Crippen molar-refractivity contribution < 1.29 is 0 Å². The largest absolute Gasteiger partial charge is 0.375 e. The summed E-state index contributed by atoms with van der Waals surface area (Å²) in [4.78, 5) is 2.44. The molecule has 0 aromatic carbocycles. The fraction of sp³-hybridized carbons (Fsp3) is 0.500. The van der Waals surface area contributed by atoms with Crippen LogP contribution in [0.4, 0.5) is 0 Å². The highest BCUT2D eigenvalue weighted by Gasteiger charge is 2.15. The molecule has 0 heterocycles. The number of hydrogen-bond acceptors (Lipinski definition) is 2. The van der Waals surface area contributed by atoms with E-state index in [9.17, 15) is 0 Å². The van der Waals surface area contributed by atoms with Gasteiger partial charge in [-0.15, -0.1) is 0 Å². The second-order valence-corrected chi connectivity index (χ2v) is 5.92. The van der Waals surface area contributed by atoms with Crippen LogP contribution in [0.1, 0.15) is 40.0 Å². The zero-order valence-corrected chi connectivity index (χ0v) is 14.4. The molecule has 0 saturated heterocycles. The Morgan fingerprint density at radius 3 is 2.50 bits per heavy atom. The molecule has 0 fully saturated rings. The minimum Gasteiger partial charge on any atom is -0.375 e. The van der Waals surface area contributed by atoms with Crippen LogP contribution >= 0.6 is 0 Å². The molecule has 2 aliphatic rings. The van der Waals surface area contributed by atoms with E-state index in [0.717, 1.165) is 38.9 Å². The first-order chi connectivity index (χ1) is 10.7. The van der Waals surface area contributed by atoms with Crippen molar-refractivity contribution in [2.24, 2.45) is 0 Å². The van der Waals surface area contributed by atoms with Crippen LogP contribution in [0.3, 0.4) is 0 Å². The number of allylic oxidation sites excluding steroid dienone is 7. The molecule has 0 aliphatic heterocycles. The molecule has 1 unspecified atom stereocenters. The number of hydrogen-bond donors (Lipinski definition) is 1. The van der Waals surface area contributed by atoms with E-state index in [1.807, 2.05) is 0 Å².